The first-order valence-electron chi connectivity index (χ1n) is 11.1. The second kappa shape index (κ2) is 8.12. The molecule has 5 rings (SSSR count). The Hall–Kier alpha value is -3.66. The third-order valence-electron chi connectivity index (χ3n) is 6.55. The smallest absolute Gasteiger partial charge is 0.254 e. The van der Waals surface area contributed by atoms with Crippen LogP contribution in [-0.4, -0.2) is 46.8 Å². The Morgan fingerprint density at radius 1 is 0.594 bits per heavy atom. The lowest BCUT2D eigenvalue weighted by molar-refractivity contribution is 0.0272. The maximum atomic E-state index is 13.5. The van der Waals surface area contributed by atoms with Crippen LogP contribution in [0.4, 0.5) is 0 Å². The van der Waals surface area contributed by atoms with E-state index in [-0.39, 0.29) is 23.9 Å². The highest BCUT2D eigenvalue weighted by atomic mass is 16.2. The molecule has 0 aliphatic carbocycles. The molecule has 0 radical (unpaired) electrons. The number of hydrogen-bond donors (Lipinski definition) is 0. The summed E-state index contributed by atoms with van der Waals surface area (Å²) in [4.78, 5) is 30.9. The fourth-order valence-corrected chi connectivity index (χ4v) is 4.83. The minimum atomic E-state index is -0.0726. The molecule has 4 aromatic rings. The number of hydrogen-bond acceptors (Lipinski definition) is 2. The van der Waals surface area contributed by atoms with Gasteiger partial charge in [0.25, 0.3) is 11.8 Å². The molecule has 1 aliphatic rings. The zero-order valence-electron chi connectivity index (χ0n) is 18.4. The summed E-state index contributed by atoms with van der Waals surface area (Å²) >= 11 is 0. The van der Waals surface area contributed by atoms with E-state index in [0.717, 1.165) is 32.7 Å². The molecular weight excluding hydrogens is 396 g/mol. The fourth-order valence-electron chi connectivity index (χ4n) is 4.83. The normalized spacial score (nSPS) is 18.8. The minimum absolute atomic E-state index is 0.0263. The van der Waals surface area contributed by atoms with Gasteiger partial charge in [0.1, 0.15) is 0 Å². The second-order valence-electron chi connectivity index (χ2n) is 8.67. The van der Waals surface area contributed by atoms with Gasteiger partial charge in [-0.25, -0.2) is 0 Å². The van der Waals surface area contributed by atoms with Crippen molar-refractivity contribution >= 4 is 33.4 Å². The van der Waals surface area contributed by atoms with E-state index in [1.54, 1.807) is 0 Å². The molecule has 0 spiro atoms. The molecule has 2 atom stereocenters. The molecule has 4 nitrogen and oxygen atoms in total. The lowest BCUT2D eigenvalue weighted by Gasteiger charge is -2.44. The summed E-state index contributed by atoms with van der Waals surface area (Å²) in [6, 6.07) is 27.5. The number of carbonyl (C=O) groups is 2. The number of nitrogens with zero attached hydrogens (tertiary/aromatic N) is 2. The summed E-state index contributed by atoms with van der Waals surface area (Å²) in [5.74, 6) is 0.0526. The van der Waals surface area contributed by atoms with Crippen LogP contribution in [0.2, 0.25) is 0 Å². The molecule has 32 heavy (non-hydrogen) atoms. The number of piperazine rings is 1. The highest BCUT2D eigenvalue weighted by molar-refractivity contribution is 6.08. The molecule has 0 aromatic heterocycles. The van der Waals surface area contributed by atoms with Crippen LogP contribution in [0.25, 0.3) is 21.5 Å². The summed E-state index contributed by atoms with van der Waals surface area (Å²) in [6.07, 6.45) is 0. The van der Waals surface area contributed by atoms with Crippen LogP contribution in [0.1, 0.15) is 34.6 Å². The van der Waals surface area contributed by atoms with Crippen LogP contribution in [0.3, 0.4) is 0 Å². The van der Waals surface area contributed by atoms with Gasteiger partial charge in [-0.3, -0.25) is 9.59 Å². The highest BCUT2D eigenvalue weighted by Crippen LogP contribution is 2.26. The minimum Gasteiger partial charge on any atom is -0.332 e. The van der Waals surface area contributed by atoms with Gasteiger partial charge in [-0.05, 0) is 47.5 Å². The first kappa shape index (κ1) is 20.3. The van der Waals surface area contributed by atoms with Crippen LogP contribution >= 0.6 is 0 Å². The van der Waals surface area contributed by atoms with Crippen molar-refractivity contribution in [2.24, 2.45) is 0 Å². The van der Waals surface area contributed by atoms with Crippen molar-refractivity contribution < 1.29 is 9.59 Å². The summed E-state index contributed by atoms with van der Waals surface area (Å²) in [5, 5.41) is 4.05. The van der Waals surface area contributed by atoms with Gasteiger partial charge in [-0.2, -0.15) is 0 Å². The van der Waals surface area contributed by atoms with E-state index in [1.165, 1.54) is 0 Å². The average molecular weight is 423 g/mol. The van der Waals surface area contributed by atoms with Crippen LogP contribution < -0.4 is 0 Å². The molecule has 1 fully saturated rings. The maximum Gasteiger partial charge on any atom is 0.254 e. The van der Waals surface area contributed by atoms with Gasteiger partial charge in [-0.1, -0.05) is 72.8 Å². The molecule has 0 bridgehead atoms. The number of benzene rings is 4. The molecule has 0 unspecified atom stereocenters. The quantitative estimate of drug-likeness (QED) is 0.436. The summed E-state index contributed by atoms with van der Waals surface area (Å²) < 4.78 is 0. The van der Waals surface area contributed by atoms with Crippen molar-refractivity contribution in [3.63, 3.8) is 0 Å². The van der Waals surface area contributed by atoms with Gasteiger partial charge in [0, 0.05) is 36.3 Å². The third kappa shape index (κ3) is 3.42. The van der Waals surface area contributed by atoms with Crippen LogP contribution in [-0.2, 0) is 0 Å². The molecular formula is C28H26N2O2. The third-order valence-corrected chi connectivity index (χ3v) is 6.55. The Morgan fingerprint density at radius 3 is 1.41 bits per heavy atom. The van der Waals surface area contributed by atoms with E-state index < -0.39 is 0 Å². The Kier molecular flexibility index (Phi) is 5.14. The van der Waals surface area contributed by atoms with Gasteiger partial charge in [0.05, 0.1) is 0 Å². The van der Waals surface area contributed by atoms with Crippen molar-refractivity contribution in [3.8, 4) is 0 Å². The lowest BCUT2D eigenvalue weighted by atomic mass is 9.99. The summed E-state index contributed by atoms with van der Waals surface area (Å²) in [7, 11) is 0. The number of rotatable bonds is 2. The van der Waals surface area contributed by atoms with E-state index in [0.29, 0.717) is 13.1 Å². The zero-order chi connectivity index (χ0) is 22.2. The molecule has 1 aliphatic heterocycles. The molecule has 0 saturated carbocycles. The first-order chi connectivity index (χ1) is 15.5. The van der Waals surface area contributed by atoms with Gasteiger partial charge < -0.3 is 9.80 Å². The Balaban J connectivity index is 1.42. The van der Waals surface area contributed by atoms with E-state index in [9.17, 15) is 9.59 Å². The average Bonchev–Trinajstić information content (AvgIpc) is 2.83. The van der Waals surface area contributed by atoms with Gasteiger partial charge >= 0.3 is 0 Å². The topological polar surface area (TPSA) is 40.6 Å². The summed E-state index contributed by atoms with van der Waals surface area (Å²) in [6.45, 7) is 5.08. The number of amides is 2. The van der Waals surface area contributed by atoms with Crippen LogP contribution in [0, 0.1) is 0 Å². The number of carbonyl (C=O) groups excluding carboxylic acids is 2. The molecule has 160 valence electrons. The summed E-state index contributed by atoms with van der Waals surface area (Å²) in [5.41, 5.74) is 1.44. The predicted octanol–water partition coefficient (Wildman–Crippen LogP) is 5.37. The van der Waals surface area contributed by atoms with Crippen LogP contribution in [0.15, 0.2) is 84.9 Å². The Bertz CT molecular complexity index is 1220. The van der Waals surface area contributed by atoms with Gasteiger partial charge in [-0.15, -0.1) is 0 Å². The SMILES string of the molecule is C[C@@H]1CN(C(=O)c2cccc3ccccc23)[C@H](C)CN1C(=O)c1cccc2ccccc12. The molecule has 4 heteroatoms. The van der Waals surface area contributed by atoms with E-state index in [1.807, 2.05) is 109 Å². The molecule has 1 heterocycles. The second-order valence-corrected chi connectivity index (χ2v) is 8.67. The van der Waals surface area contributed by atoms with Gasteiger partial charge in [0.15, 0.2) is 0 Å². The number of fused-ring (bicyclic) bond motifs is 2. The van der Waals surface area contributed by atoms with Crippen molar-refractivity contribution in [2.75, 3.05) is 13.1 Å². The molecule has 1 saturated heterocycles. The van der Waals surface area contributed by atoms with E-state index >= 15 is 0 Å². The van der Waals surface area contributed by atoms with Crippen molar-refractivity contribution in [1.29, 1.82) is 0 Å². The highest BCUT2D eigenvalue weighted by Gasteiger charge is 2.35. The van der Waals surface area contributed by atoms with Crippen LogP contribution in [0.5, 0.6) is 0 Å². The van der Waals surface area contributed by atoms with Gasteiger partial charge in [0.2, 0.25) is 0 Å². The monoisotopic (exact) mass is 422 g/mol. The Morgan fingerprint density at radius 2 is 0.969 bits per heavy atom. The zero-order valence-corrected chi connectivity index (χ0v) is 18.4. The Labute approximate surface area is 188 Å². The van der Waals surface area contributed by atoms with Crippen molar-refractivity contribution in [2.45, 2.75) is 25.9 Å². The largest absolute Gasteiger partial charge is 0.332 e. The molecule has 4 aromatic carbocycles. The molecule has 0 N–H and O–H groups in total. The van der Waals surface area contributed by atoms with Crippen molar-refractivity contribution in [3.05, 3.63) is 96.1 Å². The van der Waals surface area contributed by atoms with E-state index in [4.69, 9.17) is 0 Å². The van der Waals surface area contributed by atoms with Crippen molar-refractivity contribution in [1.82, 2.24) is 9.80 Å². The maximum absolute atomic E-state index is 13.5. The predicted molar refractivity (Wildman–Crippen MR) is 129 cm³/mol. The standard InChI is InChI=1S/C28H26N2O2/c1-19-17-30(28(32)26-16-8-12-22-10-4-6-14-24(22)26)20(2)18-29(19)27(31)25-15-7-11-21-9-3-5-13-23(21)25/h3-16,19-20H,17-18H2,1-2H3/t19-,20-/m1/s1. The fraction of sp³-hybridized carbons (Fsp3) is 0.214. The first-order valence-corrected chi connectivity index (χ1v) is 11.1. The lowest BCUT2D eigenvalue weighted by Crippen LogP contribution is -2.59. The van der Waals surface area contributed by atoms with E-state index in [2.05, 4.69) is 0 Å². The molecule has 2 amide bonds.